The van der Waals surface area contributed by atoms with Crippen molar-refractivity contribution in [3.8, 4) is 5.69 Å². The summed E-state index contributed by atoms with van der Waals surface area (Å²) in [5, 5.41) is 7.66. The highest BCUT2D eigenvalue weighted by Gasteiger charge is 2.26. The van der Waals surface area contributed by atoms with Crippen molar-refractivity contribution in [2.45, 2.75) is 25.8 Å². The summed E-state index contributed by atoms with van der Waals surface area (Å²) in [6.45, 7) is 3.74. The molecule has 1 fully saturated rings. The van der Waals surface area contributed by atoms with Crippen LogP contribution in [0, 0.1) is 12.7 Å². The maximum atomic E-state index is 14.3. The van der Waals surface area contributed by atoms with E-state index in [0.717, 1.165) is 31.5 Å². The van der Waals surface area contributed by atoms with Crippen molar-refractivity contribution < 1.29 is 9.18 Å². The topological polar surface area (TPSA) is 67.2 Å². The van der Waals surface area contributed by atoms with E-state index in [1.54, 1.807) is 25.1 Å². The lowest BCUT2D eigenvalue weighted by atomic mass is 10.1. The lowest BCUT2D eigenvalue weighted by Gasteiger charge is -2.28. The summed E-state index contributed by atoms with van der Waals surface area (Å²) in [6.07, 6.45) is 2.17. The number of halogens is 2. The largest absolute Gasteiger partial charge is 0.349 e. The number of carbonyl (C=O) groups excluding carboxylic acids is 1. The zero-order chi connectivity index (χ0) is 22.7. The van der Waals surface area contributed by atoms with E-state index in [2.05, 4.69) is 15.3 Å². The molecule has 0 spiro atoms. The summed E-state index contributed by atoms with van der Waals surface area (Å²) in [4.78, 5) is 27.7. The molecule has 0 aliphatic carbocycles. The molecule has 6 nitrogen and oxygen atoms in total. The van der Waals surface area contributed by atoms with Gasteiger partial charge < -0.3 is 5.32 Å². The van der Waals surface area contributed by atoms with Crippen LogP contribution in [0.2, 0.25) is 5.02 Å². The standard InChI is InChI=1S/C24H24ClFN4O2/c1-16-14-22(31)23(28-30(16)20-11-5-4-10-19(20)26)24(32)27-15-21(29-12-6-7-13-29)17-8-2-3-9-18(17)25/h2-5,8-11,14,21H,6-7,12-13,15H2,1H3,(H,27,32). The first-order valence-electron chi connectivity index (χ1n) is 10.6. The Morgan fingerprint density at radius 3 is 2.56 bits per heavy atom. The molecule has 0 saturated carbocycles. The van der Waals surface area contributed by atoms with Crippen molar-refractivity contribution in [2.75, 3.05) is 19.6 Å². The SMILES string of the molecule is Cc1cc(=O)c(C(=O)NCC(c2ccccc2Cl)N2CCCC2)nn1-c1ccccc1F. The molecular weight excluding hydrogens is 431 g/mol. The lowest BCUT2D eigenvalue weighted by molar-refractivity contribution is 0.0930. The summed E-state index contributed by atoms with van der Waals surface area (Å²) in [5.74, 6) is -1.10. The van der Waals surface area contributed by atoms with Gasteiger partial charge in [-0.25, -0.2) is 9.07 Å². The first-order valence-corrected chi connectivity index (χ1v) is 11.0. The van der Waals surface area contributed by atoms with Gasteiger partial charge in [0.25, 0.3) is 5.91 Å². The Labute approximate surface area is 190 Å². The van der Waals surface area contributed by atoms with Gasteiger partial charge in [0.05, 0.1) is 6.04 Å². The molecule has 1 atom stereocenters. The molecule has 2 heterocycles. The number of nitrogens with zero attached hydrogens (tertiary/aromatic N) is 3. The molecule has 1 saturated heterocycles. The van der Waals surface area contributed by atoms with Crippen LogP contribution in [-0.2, 0) is 0 Å². The highest BCUT2D eigenvalue weighted by molar-refractivity contribution is 6.31. The van der Waals surface area contributed by atoms with Crippen molar-refractivity contribution in [1.29, 1.82) is 0 Å². The first kappa shape index (κ1) is 22.2. The molecule has 4 rings (SSSR count). The van der Waals surface area contributed by atoms with Gasteiger partial charge in [-0.05, 0) is 56.6 Å². The Balaban J connectivity index is 1.60. The molecule has 1 aliphatic heterocycles. The predicted octanol–water partition coefficient (Wildman–Crippen LogP) is 3.90. The van der Waals surface area contributed by atoms with Gasteiger partial charge in [0.1, 0.15) is 11.5 Å². The van der Waals surface area contributed by atoms with E-state index in [4.69, 9.17) is 11.6 Å². The summed E-state index contributed by atoms with van der Waals surface area (Å²) >= 11 is 6.44. The normalized spacial score (nSPS) is 15.0. The van der Waals surface area contributed by atoms with Crippen LogP contribution < -0.4 is 10.7 Å². The molecule has 1 aromatic heterocycles. The number of benzene rings is 2. The Hall–Kier alpha value is -3.03. The average Bonchev–Trinajstić information content (AvgIpc) is 3.30. The van der Waals surface area contributed by atoms with Crippen molar-refractivity contribution in [3.63, 3.8) is 0 Å². The smallest absolute Gasteiger partial charge is 0.275 e. The molecule has 0 bridgehead atoms. The van der Waals surface area contributed by atoms with Crippen LogP contribution in [0.3, 0.4) is 0 Å². The van der Waals surface area contributed by atoms with Gasteiger partial charge in [-0.1, -0.05) is 41.9 Å². The Bertz CT molecular complexity index is 1190. The fourth-order valence-corrected chi connectivity index (χ4v) is 4.34. The Kier molecular flexibility index (Phi) is 6.67. The molecule has 1 unspecified atom stereocenters. The minimum Gasteiger partial charge on any atom is -0.349 e. The number of hydrogen-bond acceptors (Lipinski definition) is 4. The summed E-state index contributed by atoms with van der Waals surface area (Å²) in [5.41, 5.74) is 0.742. The van der Waals surface area contributed by atoms with Crippen molar-refractivity contribution in [1.82, 2.24) is 20.0 Å². The summed E-state index contributed by atoms with van der Waals surface area (Å²) in [7, 11) is 0. The molecule has 8 heteroatoms. The second-order valence-corrected chi connectivity index (χ2v) is 8.26. The van der Waals surface area contributed by atoms with E-state index in [1.807, 2.05) is 24.3 Å². The van der Waals surface area contributed by atoms with E-state index >= 15 is 0 Å². The monoisotopic (exact) mass is 454 g/mol. The molecular formula is C24H24ClFN4O2. The van der Waals surface area contributed by atoms with E-state index in [9.17, 15) is 14.0 Å². The van der Waals surface area contributed by atoms with E-state index < -0.39 is 17.2 Å². The molecule has 32 heavy (non-hydrogen) atoms. The number of nitrogens with one attached hydrogen (secondary N) is 1. The number of likely N-dealkylation sites (tertiary alicyclic amines) is 1. The highest BCUT2D eigenvalue weighted by Crippen LogP contribution is 2.29. The number of aryl methyl sites for hydroxylation is 1. The molecule has 1 aliphatic rings. The van der Waals surface area contributed by atoms with Crippen molar-refractivity contribution in [2.24, 2.45) is 0 Å². The maximum Gasteiger partial charge on any atom is 0.275 e. The van der Waals surface area contributed by atoms with Crippen LogP contribution in [0.15, 0.2) is 59.4 Å². The van der Waals surface area contributed by atoms with Gasteiger partial charge in [0.2, 0.25) is 5.43 Å². The molecule has 0 radical (unpaired) electrons. The molecule has 166 valence electrons. The van der Waals surface area contributed by atoms with Gasteiger partial charge in [0, 0.05) is 23.3 Å². The van der Waals surface area contributed by atoms with Crippen LogP contribution in [0.5, 0.6) is 0 Å². The van der Waals surface area contributed by atoms with Gasteiger partial charge >= 0.3 is 0 Å². The van der Waals surface area contributed by atoms with Gasteiger partial charge in [-0.3, -0.25) is 14.5 Å². The Morgan fingerprint density at radius 1 is 1.16 bits per heavy atom. The predicted molar refractivity (Wildman–Crippen MR) is 122 cm³/mol. The second-order valence-electron chi connectivity index (χ2n) is 7.85. The summed E-state index contributed by atoms with van der Waals surface area (Å²) < 4.78 is 15.6. The second kappa shape index (κ2) is 9.63. The van der Waals surface area contributed by atoms with Crippen LogP contribution >= 0.6 is 11.6 Å². The zero-order valence-electron chi connectivity index (χ0n) is 17.7. The van der Waals surface area contributed by atoms with Crippen LogP contribution in [0.4, 0.5) is 4.39 Å². The maximum absolute atomic E-state index is 14.3. The number of rotatable bonds is 6. The number of amides is 1. The number of aromatic nitrogens is 2. The fourth-order valence-electron chi connectivity index (χ4n) is 4.08. The first-order chi connectivity index (χ1) is 15.5. The van der Waals surface area contributed by atoms with E-state index in [0.29, 0.717) is 10.7 Å². The van der Waals surface area contributed by atoms with Crippen molar-refractivity contribution in [3.05, 3.63) is 92.6 Å². The molecule has 3 aromatic rings. The Morgan fingerprint density at radius 2 is 1.84 bits per heavy atom. The minimum absolute atomic E-state index is 0.116. The zero-order valence-corrected chi connectivity index (χ0v) is 18.5. The highest BCUT2D eigenvalue weighted by atomic mass is 35.5. The average molecular weight is 455 g/mol. The quantitative estimate of drug-likeness (QED) is 0.613. The number of carbonyl (C=O) groups is 1. The molecule has 2 aromatic carbocycles. The summed E-state index contributed by atoms with van der Waals surface area (Å²) in [6, 6.07) is 14.8. The van der Waals surface area contributed by atoms with Crippen LogP contribution in [0.1, 0.15) is 40.6 Å². The van der Waals surface area contributed by atoms with E-state index in [-0.39, 0.29) is 24.0 Å². The third kappa shape index (κ3) is 4.59. The van der Waals surface area contributed by atoms with Crippen LogP contribution in [0.25, 0.3) is 5.69 Å². The number of hydrogen-bond donors (Lipinski definition) is 1. The van der Waals surface area contributed by atoms with Crippen LogP contribution in [-0.4, -0.2) is 40.2 Å². The minimum atomic E-state index is -0.601. The third-order valence-corrected chi connectivity index (χ3v) is 6.05. The van der Waals surface area contributed by atoms with Gasteiger partial charge in [0.15, 0.2) is 5.69 Å². The molecule has 1 amide bonds. The fraction of sp³-hybridized carbons (Fsp3) is 0.292. The molecule has 1 N–H and O–H groups in total. The lowest BCUT2D eigenvalue weighted by Crippen LogP contribution is -2.39. The van der Waals surface area contributed by atoms with Crippen molar-refractivity contribution >= 4 is 17.5 Å². The van der Waals surface area contributed by atoms with Gasteiger partial charge in [-0.2, -0.15) is 5.10 Å². The third-order valence-electron chi connectivity index (χ3n) is 5.70. The number of para-hydroxylation sites is 1. The van der Waals surface area contributed by atoms with Gasteiger partial charge in [-0.15, -0.1) is 0 Å². The van der Waals surface area contributed by atoms with E-state index in [1.165, 1.54) is 16.8 Å².